The summed E-state index contributed by atoms with van der Waals surface area (Å²) >= 11 is 3.62. The Balaban J connectivity index is 2.78. The number of ether oxygens (including phenoxy) is 2. The molecule has 0 aliphatic heterocycles. The molecule has 0 bridgehead atoms. The van der Waals surface area contributed by atoms with E-state index in [-0.39, 0.29) is 6.04 Å². The van der Waals surface area contributed by atoms with E-state index in [1.165, 1.54) is 5.56 Å². The maximum absolute atomic E-state index is 6.04. The molecule has 0 radical (unpaired) electrons. The van der Waals surface area contributed by atoms with E-state index in [0.29, 0.717) is 19.8 Å². The van der Waals surface area contributed by atoms with Gasteiger partial charge in [-0.15, -0.1) is 0 Å². The van der Waals surface area contributed by atoms with Crippen molar-refractivity contribution < 1.29 is 9.47 Å². The summed E-state index contributed by atoms with van der Waals surface area (Å²) in [6, 6.07) is 8.41. The molecule has 0 aliphatic rings. The third kappa shape index (κ3) is 6.45. The number of rotatable bonds is 11. The minimum Gasteiger partial charge on any atom is -0.380 e. The molecule has 0 saturated carbocycles. The number of benzene rings is 1. The lowest BCUT2D eigenvalue weighted by molar-refractivity contribution is 0.0639. The third-order valence-electron chi connectivity index (χ3n) is 3.38. The second-order valence-corrected chi connectivity index (χ2v) is 5.56. The Morgan fingerprint density at radius 1 is 1.10 bits per heavy atom. The van der Waals surface area contributed by atoms with Crippen LogP contribution in [-0.4, -0.2) is 51.0 Å². The van der Waals surface area contributed by atoms with Crippen LogP contribution in [0.15, 0.2) is 28.7 Å². The van der Waals surface area contributed by atoms with E-state index in [1.807, 2.05) is 26.0 Å². The molecule has 1 aromatic carbocycles. The highest BCUT2D eigenvalue weighted by molar-refractivity contribution is 9.10. The van der Waals surface area contributed by atoms with Gasteiger partial charge in [-0.3, -0.25) is 4.90 Å². The van der Waals surface area contributed by atoms with Crippen LogP contribution >= 0.6 is 15.9 Å². The smallest absolute Gasteiger partial charge is 0.0593 e. The monoisotopic (exact) mass is 358 g/mol. The summed E-state index contributed by atoms with van der Waals surface area (Å²) in [5, 5.41) is 0. The van der Waals surface area contributed by atoms with Crippen molar-refractivity contribution in [2.45, 2.75) is 19.9 Å². The molecule has 0 aliphatic carbocycles. The van der Waals surface area contributed by atoms with E-state index in [0.717, 1.165) is 30.8 Å². The first kappa shape index (κ1) is 18.6. The molecule has 0 fully saturated rings. The molecule has 120 valence electrons. The van der Waals surface area contributed by atoms with Crippen LogP contribution in [-0.2, 0) is 9.47 Å². The van der Waals surface area contributed by atoms with E-state index in [1.54, 1.807) is 0 Å². The van der Waals surface area contributed by atoms with Crippen molar-refractivity contribution in [2.24, 2.45) is 5.73 Å². The lowest BCUT2D eigenvalue weighted by Crippen LogP contribution is -2.38. The van der Waals surface area contributed by atoms with Crippen molar-refractivity contribution in [3.05, 3.63) is 34.3 Å². The van der Waals surface area contributed by atoms with Crippen molar-refractivity contribution in [3.63, 3.8) is 0 Å². The average Bonchev–Trinajstić information content (AvgIpc) is 2.49. The van der Waals surface area contributed by atoms with E-state index in [4.69, 9.17) is 15.2 Å². The van der Waals surface area contributed by atoms with Crippen LogP contribution in [0.3, 0.4) is 0 Å². The minimum absolute atomic E-state index is 0.168. The predicted molar refractivity (Wildman–Crippen MR) is 90.5 cm³/mol. The first-order valence-electron chi connectivity index (χ1n) is 7.58. The maximum atomic E-state index is 6.04. The van der Waals surface area contributed by atoms with Crippen LogP contribution < -0.4 is 5.73 Å². The summed E-state index contributed by atoms with van der Waals surface area (Å²) < 4.78 is 12.1. The number of hydrogen-bond donors (Lipinski definition) is 1. The molecule has 0 aromatic heterocycles. The molecule has 5 heteroatoms. The van der Waals surface area contributed by atoms with Crippen molar-refractivity contribution in [1.82, 2.24) is 4.90 Å². The number of halogens is 1. The second-order valence-electron chi connectivity index (χ2n) is 4.70. The topological polar surface area (TPSA) is 47.7 Å². The fraction of sp³-hybridized carbons (Fsp3) is 0.625. The molecule has 1 aromatic rings. The highest BCUT2D eigenvalue weighted by atomic mass is 79.9. The van der Waals surface area contributed by atoms with Gasteiger partial charge in [0.05, 0.1) is 13.2 Å². The molecular weight excluding hydrogens is 332 g/mol. The zero-order valence-electron chi connectivity index (χ0n) is 13.1. The van der Waals surface area contributed by atoms with Crippen LogP contribution in [0, 0.1) is 0 Å². The van der Waals surface area contributed by atoms with Gasteiger partial charge in [0, 0.05) is 43.4 Å². The Morgan fingerprint density at radius 3 is 2.14 bits per heavy atom. The van der Waals surface area contributed by atoms with Gasteiger partial charge < -0.3 is 15.2 Å². The summed E-state index contributed by atoms with van der Waals surface area (Å²) in [7, 11) is 0. The second kappa shape index (κ2) is 11.2. The fourth-order valence-corrected chi connectivity index (χ4v) is 2.84. The molecule has 0 amide bonds. The van der Waals surface area contributed by atoms with Gasteiger partial charge in [-0.25, -0.2) is 0 Å². The number of nitrogens with zero attached hydrogens (tertiary/aromatic N) is 1. The van der Waals surface area contributed by atoms with Gasteiger partial charge in [0.15, 0.2) is 0 Å². The molecule has 21 heavy (non-hydrogen) atoms. The SMILES string of the molecule is CCOCCN(CCOCC)C(CN)c1ccccc1Br. The first-order valence-corrected chi connectivity index (χ1v) is 8.37. The molecule has 1 atom stereocenters. The molecule has 0 heterocycles. The van der Waals surface area contributed by atoms with E-state index in [9.17, 15) is 0 Å². The number of hydrogen-bond acceptors (Lipinski definition) is 4. The van der Waals surface area contributed by atoms with Gasteiger partial charge in [0.25, 0.3) is 0 Å². The zero-order chi connectivity index (χ0) is 15.5. The summed E-state index contributed by atoms with van der Waals surface area (Å²) in [5.74, 6) is 0. The lowest BCUT2D eigenvalue weighted by atomic mass is 10.1. The van der Waals surface area contributed by atoms with Crippen LogP contribution in [0.5, 0.6) is 0 Å². The summed E-state index contributed by atoms with van der Waals surface area (Å²) in [6.45, 7) is 9.20. The Kier molecular flexibility index (Phi) is 9.87. The Morgan fingerprint density at radius 2 is 1.67 bits per heavy atom. The van der Waals surface area contributed by atoms with E-state index < -0.39 is 0 Å². The number of nitrogens with two attached hydrogens (primary N) is 1. The highest BCUT2D eigenvalue weighted by Crippen LogP contribution is 2.26. The fourth-order valence-electron chi connectivity index (χ4n) is 2.29. The highest BCUT2D eigenvalue weighted by Gasteiger charge is 2.20. The normalized spacial score (nSPS) is 12.8. The predicted octanol–water partition coefficient (Wildman–Crippen LogP) is 2.82. The quantitative estimate of drug-likeness (QED) is 0.618. The molecule has 4 nitrogen and oxygen atoms in total. The summed E-state index contributed by atoms with van der Waals surface area (Å²) in [5.41, 5.74) is 7.25. The summed E-state index contributed by atoms with van der Waals surface area (Å²) in [4.78, 5) is 2.34. The van der Waals surface area contributed by atoms with Gasteiger partial charge >= 0.3 is 0 Å². The molecule has 0 saturated heterocycles. The standard InChI is InChI=1S/C16H27BrN2O2/c1-3-20-11-9-19(10-12-21-4-2)16(13-18)14-7-5-6-8-15(14)17/h5-8,16H,3-4,9-13,18H2,1-2H3. The van der Waals surface area contributed by atoms with Crippen LogP contribution in [0.25, 0.3) is 0 Å². The van der Waals surface area contributed by atoms with E-state index >= 15 is 0 Å². The molecule has 2 N–H and O–H groups in total. The third-order valence-corrected chi connectivity index (χ3v) is 4.10. The Labute approximate surface area is 136 Å². The zero-order valence-corrected chi connectivity index (χ0v) is 14.6. The summed E-state index contributed by atoms with van der Waals surface area (Å²) in [6.07, 6.45) is 0. The molecule has 1 unspecified atom stereocenters. The van der Waals surface area contributed by atoms with Crippen molar-refractivity contribution in [3.8, 4) is 0 Å². The molecule has 1 rings (SSSR count). The Hall–Kier alpha value is -0.460. The Bertz CT molecular complexity index is 380. The van der Waals surface area contributed by atoms with Crippen molar-refractivity contribution in [1.29, 1.82) is 0 Å². The first-order chi connectivity index (χ1) is 10.2. The van der Waals surface area contributed by atoms with Gasteiger partial charge in [0.2, 0.25) is 0 Å². The van der Waals surface area contributed by atoms with Gasteiger partial charge in [-0.2, -0.15) is 0 Å². The van der Waals surface area contributed by atoms with Crippen LogP contribution in [0.1, 0.15) is 25.5 Å². The van der Waals surface area contributed by atoms with E-state index in [2.05, 4.69) is 33.0 Å². The minimum atomic E-state index is 0.168. The lowest BCUT2D eigenvalue weighted by Gasteiger charge is -2.31. The van der Waals surface area contributed by atoms with Crippen molar-refractivity contribution >= 4 is 15.9 Å². The average molecular weight is 359 g/mol. The van der Waals surface area contributed by atoms with Gasteiger partial charge in [-0.1, -0.05) is 34.1 Å². The van der Waals surface area contributed by atoms with Crippen molar-refractivity contribution in [2.75, 3.05) is 46.1 Å². The maximum Gasteiger partial charge on any atom is 0.0593 e. The molecule has 0 spiro atoms. The van der Waals surface area contributed by atoms with Gasteiger partial charge in [-0.05, 0) is 25.5 Å². The van der Waals surface area contributed by atoms with Crippen LogP contribution in [0.4, 0.5) is 0 Å². The van der Waals surface area contributed by atoms with Gasteiger partial charge in [0.1, 0.15) is 0 Å². The molecular formula is C16H27BrN2O2. The van der Waals surface area contributed by atoms with Crippen LogP contribution in [0.2, 0.25) is 0 Å². The largest absolute Gasteiger partial charge is 0.380 e.